The number of hydrogen-bond donors (Lipinski definition) is 6. The summed E-state index contributed by atoms with van der Waals surface area (Å²) in [6.07, 6.45) is -4.30. The van der Waals surface area contributed by atoms with Crippen LogP contribution in [-0.2, 0) is 20.4 Å². The van der Waals surface area contributed by atoms with Crippen LogP contribution in [0.3, 0.4) is 0 Å². The third kappa shape index (κ3) is 4.42. The lowest BCUT2D eigenvalue weighted by molar-refractivity contribution is -0.745. The fraction of sp³-hybridized carbons (Fsp3) is 0.353. The van der Waals surface area contributed by atoms with Crippen LogP contribution in [-0.4, -0.2) is 59.5 Å². The highest BCUT2D eigenvalue weighted by atomic mass is 31.2. The number of aromatic amines is 1. The number of nitrogens with two attached hydrogens (primary N) is 1. The Morgan fingerprint density at radius 2 is 2.09 bits per heavy atom. The van der Waals surface area contributed by atoms with E-state index in [4.69, 9.17) is 20.3 Å². The number of H-pyrrole nitrogens is 1. The summed E-state index contributed by atoms with van der Waals surface area (Å²) in [5, 5.41) is 20.8. The highest BCUT2D eigenvalue weighted by molar-refractivity contribution is 7.46. The average molecular weight is 472 g/mol. The average Bonchev–Trinajstić information content (AvgIpc) is 3.17. The molecular formula is C17H20FN5O8P+. The van der Waals surface area contributed by atoms with Gasteiger partial charge in [0.2, 0.25) is 11.7 Å². The number of benzene rings is 1. The number of aliphatic hydroxyl groups is 2. The molecule has 0 amide bonds. The molecule has 13 nitrogen and oxygen atoms in total. The van der Waals surface area contributed by atoms with Crippen LogP contribution in [0.25, 0.3) is 11.2 Å². The van der Waals surface area contributed by atoms with Gasteiger partial charge in [-0.05, 0) is 17.7 Å². The van der Waals surface area contributed by atoms with Gasteiger partial charge in [0, 0.05) is 0 Å². The molecule has 0 radical (unpaired) electrons. The van der Waals surface area contributed by atoms with Crippen LogP contribution >= 0.6 is 7.82 Å². The van der Waals surface area contributed by atoms with Crippen LogP contribution in [0.5, 0.6) is 0 Å². The molecule has 1 aliphatic rings. The molecule has 32 heavy (non-hydrogen) atoms. The number of aliphatic hydroxyl groups excluding tert-OH is 2. The lowest BCUT2D eigenvalue weighted by atomic mass is 10.1. The number of ether oxygens (including phenoxy) is 1. The largest absolute Gasteiger partial charge is 0.469 e. The lowest BCUT2D eigenvalue weighted by Crippen LogP contribution is -2.46. The van der Waals surface area contributed by atoms with Gasteiger partial charge >= 0.3 is 13.5 Å². The summed E-state index contributed by atoms with van der Waals surface area (Å²) < 4.78 is 37.2. The van der Waals surface area contributed by atoms with Crippen molar-refractivity contribution in [1.82, 2.24) is 14.5 Å². The molecule has 0 bridgehead atoms. The van der Waals surface area contributed by atoms with Crippen molar-refractivity contribution in [2.75, 3.05) is 12.3 Å². The molecule has 172 valence electrons. The first-order valence-electron chi connectivity index (χ1n) is 9.29. The number of halogens is 1. The third-order valence-corrected chi connectivity index (χ3v) is 5.44. The molecule has 0 unspecified atom stereocenters. The number of fused-ring (bicyclic) bond motifs is 1. The molecule has 1 saturated heterocycles. The van der Waals surface area contributed by atoms with Crippen molar-refractivity contribution >= 4 is 24.9 Å². The summed E-state index contributed by atoms with van der Waals surface area (Å²) in [6, 6.07) is 5.72. The fourth-order valence-corrected chi connectivity index (χ4v) is 3.92. The van der Waals surface area contributed by atoms with Crippen LogP contribution < -0.4 is 15.9 Å². The van der Waals surface area contributed by atoms with E-state index in [0.29, 0.717) is 5.56 Å². The van der Waals surface area contributed by atoms with E-state index in [-0.39, 0.29) is 23.7 Å². The van der Waals surface area contributed by atoms with E-state index in [9.17, 15) is 24.0 Å². The summed E-state index contributed by atoms with van der Waals surface area (Å²) in [5.41, 5.74) is 5.65. The first-order chi connectivity index (χ1) is 15.0. The third-order valence-electron chi connectivity index (χ3n) is 4.95. The zero-order valence-electron chi connectivity index (χ0n) is 16.3. The molecule has 15 heteroatoms. The Morgan fingerprint density at radius 1 is 1.34 bits per heavy atom. The highest BCUT2D eigenvalue weighted by Gasteiger charge is 2.47. The number of nitrogen functional groups attached to an aromatic ring is 1. The number of anilines is 1. The second kappa shape index (κ2) is 8.33. The Kier molecular flexibility index (Phi) is 5.85. The van der Waals surface area contributed by atoms with Crippen LogP contribution in [0, 0.1) is 5.82 Å². The Hall–Kier alpha value is -2.71. The Balaban J connectivity index is 1.74. The minimum atomic E-state index is -4.84. The van der Waals surface area contributed by atoms with Crippen molar-refractivity contribution in [3.05, 3.63) is 52.3 Å². The molecule has 0 spiro atoms. The van der Waals surface area contributed by atoms with Crippen molar-refractivity contribution in [2.24, 2.45) is 0 Å². The van der Waals surface area contributed by atoms with E-state index in [1.807, 2.05) is 0 Å². The predicted octanol–water partition coefficient (Wildman–Crippen LogP) is -1.49. The minimum Gasteiger partial charge on any atom is -0.387 e. The van der Waals surface area contributed by atoms with Crippen LogP contribution in [0.4, 0.5) is 10.3 Å². The first-order valence-corrected chi connectivity index (χ1v) is 10.8. The van der Waals surface area contributed by atoms with Crippen molar-refractivity contribution in [3.63, 3.8) is 0 Å². The number of aromatic nitrogens is 4. The lowest BCUT2D eigenvalue weighted by Gasteiger charge is -2.14. The molecule has 1 fully saturated rings. The molecule has 7 N–H and O–H groups in total. The SMILES string of the molecule is Nc1nc2c(c(=O)[nH]1)n(Cc1cccc(F)c1)c[n+]2[C@@H]1O[C@H](COP(=O)(O)O)[C@@H](O)[C@H]1O. The summed E-state index contributed by atoms with van der Waals surface area (Å²) >= 11 is 0. The van der Waals surface area contributed by atoms with Gasteiger partial charge in [-0.25, -0.2) is 13.5 Å². The molecule has 0 saturated carbocycles. The smallest absolute Gasteiger partial charge is 0.387 e. The normalized spacial score (nSPS) is 23.8. The monoisotopic (exact) mass is 472 g/mol. The molecule has 1 aliphatic heterocycles. The van der Waals surface area contributed by atoms with Crippen molar-refractivity contribution in [1.29, 1.82) is 0 Å². The maximum Gasteiger partial charge on any atom is 0.469 e. The highest BCUT2D eigenvalue weighted by Crippen LogP contribution is 2.37. The standard InChI is InChI=1S/C17H19FN5O8P/c18-9-3-1-2-8(4-9)5-22-7-23(14-11(22)15(26)21-17(19)20-14)16-13(25)12(24)10(31-16)6-30-32(27,28)29/h1-4,7,10,12-13,16,24-25H,5-6H2,(H4-,19,20,21,26,27,28,29)/p+1/t10-,12-,13-,16-/m1/s1. The van der Waals surface area contributed by atoms with Gasteiger partial charge in [0.1, 0.15) is 24.1 Å². The first kappa shape index (κ1) is 22.5. The zero-order chi connectivity index (χ0) is 23.2. The molecule has 3 aromatic rings. The van der Waals surface area contributed by atoms with Gasteiger partial charge in [-0.3, -0.25) is 18.9 Å². The molecule has 4 atom stereocenters. The molecule has 1 aromatic carbocycles. The van der Waals surface area contributed by atoms with Crippen molar-refractivity contribution < 1.29 is 42.8 Å². The second-order valence-electron chi connectivity index (χ2n) is 7.24. The van der Waals surface area contributed by atoms with E-state index >= 15 is 0 Å². The number of rotatable bonds is 6. The summed E-state index contributed by atoms with van der Waals surface area (Å²) in [7, 11) is -4.84. The van der Waals surface area contributed by atoms with Gasteiger partial charge in [-0.2, -0.15) is 0 Å². The Bertz CT molecular complexity index is 1260. The number of nitrogens with one attached hydrogen (secondary N) is 1. The van der Waals surface area contributed by atoms with Gasteiger partial charge in [0.15, 0.2) is 6.33 Å². The Labute approximate surface area is 178 Å². The van der Waals surface area contributed by atoms with E-state index < -0.39 is 50.3 Å². The number of nitrogens with zero attached hydrogens (tertiary/aromatic N) is 3. The van der Waals surface area contributed by atoms with Crippen LogP contribution in [0.2, 0.25) is 0 Å². The van der Waals surface area contributed by atoms with Gasteiger partial charge in [0.25, 0.3) is 11.5 Å². The number of imidazole rings is 1. The maximum absolute atomic E-state index is 13.6. The molecule has 4 rings (SSSR count). The van der Waals surface area contributed by atoms with Crippen LogP contribution in [0.1, 0.15) is 11.8 Å². The zero-order valence-corrected chi connectivity index (χ0v) is 17.2. The topological polar surface area (TPSA) is 197 Å². The van der Waals surface area contributed by atoms with Gasteiger partial charge < -0.3 is 30.5 Å². The summed E-state index contributed by atoms with van der Waals surface area (Å²) in [6.45, 7) is -0.635. The predicted molar refractivity (Wildman–Crippen MR) is 104 cm³/mol. The summed E-state index contributed by atoms with van der Waals surface area (Å²) in [4.78, 5) is 36.8. The molecule has 3 heterocycles. The summed E-state index contributed by atoms with van der Waals surface area (Å²) in [5.74, 6) is -0.678. The molecule has 0 aliphatic carbocycles. The van der Waals surface area contributed by atoms with Crippen LogP contribution in [0.15, 0.2) is 35.4 Å². The van der Waals surface area contributed by atoms with Crippen molar-refractivity contribution in [2.45, 2.75) is 31.1 Å². The molecule has 2 aromatic heterocycles. The fourth-order valence-electron chi connectivity index (χ4n) is 3.58. The number of hydrogen-bond acceptors (Lipinski definition) is 8. The van der Waals surface area contributed by atoms with E-state index in [1.165, 1.54) is 33.7 Å². The second-order valence-corrected chi connectivity index (χ2v) is 8.48. The Morgan fingerprint density at radius 3 is 2.78 bits per heavy atom. The van der Waals surface area contributed by atoms with Crippen molar-refractivity contribution in [3.8, 4) is 0 Å². The number of phosphoric ester groups is 1. The van der Waals surface area contributed by atoms with E-state index in [2.05, 4.69) is 14.5 Å². The molecular weight excluding hydrogens is 452 g/mol. The van der Waals surface area contributed by atoms with E-state index in [1.54, 1.807) is 6.07 Å². The number of phosphoric acid groups is 1. The van der Waals surface area contributed by atoms with Gasteiger partial charge in [-0.15, -0.1) is 0 Å². The minimum absolute atomic E-state index is 0.00968. The van der Waals surface area contributed by atoms with Gasteiger partial charge in [0.05, 0.1) is 13.2 Å². The maximum atomic E-state index is 13.6. The quantitative estimate of drug-likeness (QED) is 0.182. The van der Waals surface area contributed by atoms with Gasteiger partial charge in [-0.1, -0.05) is 17.1 Å². The van der Waals surface area contributed by atoms with E-state index in [0.717, 1.165) is 0 Å².